The summed E-state index contributed by atoms with van der Waals surface area (Å²) >= 11 is 0. The highest BCUT2D eigenvalue weighted by Gasteiger charge is 2.19. The molecule has 5 nitrogen and oxygen atoms in total. The van der Waals surface area contributed by atoms with E-state index >= 15 is 0 Å². The van der Waals surface area contributed by atoms with Gasteiger partial charge in [-0.25, -0.2) is 0 Å². The molecule has 134 valence electrons. The van der Waals surface area contributed by atoms with Crippen molar-refractivity contribution < 1.29 is 9.59 Å². The molecule has 1 fully saturated rings. The normalized spacial score (nSPS) is 16.8. The average Bonchev–Trinajstić information content (AvgIpc) is 3.03. The lowest BCUT2D eigenvalue weighted by atomic mass is 10.1. The van der Waals surface area contributed by atoms with Crippen LogP contribution in [0.5, 0.6) is 0 Å². The van der Waals surface area contributed by atoms with Gasteiger partial charge in [0, 0.05) is 23.5 Å². The molecule has 0 atom stereocenters. The van der Waals surface area contributed by atoms with Crippen LogP contribution in [0.15, 0.2) is 42.5 Å². The maximum absolute atomic E-state index is 12.5. The number of nitrogens with zero attached hydrogens (tertiary/aromatic N) is 1. The third kappa shape index (κ3) is 3.78. The molecule has 5 heteroatoms. The highest BCUT2D eigenvalue weighted by molar-refractivity contribution is 6.06. The number of nitrogens with one attached hydrogen (secondary N) is 2. The van der Waals surface area contributed by atoms with Crippen LogP contribution < -0.4 is 10.6 Å². The van der Waals surface area contributed by atoms with Gasteiger partial charge in [0.15, 0.2) is 0 Å². The molecule has 0 saturated carbocycles. The second-order valence-corrected chi connectivity index (χ2v) is 7.08. The van der Waals surface area contributed by atoms with Crippen LogP contribution in [0, 0.1) is 0 Å². The molecule has 0 radical (unpaired) electrons. The van der Waals surface area contributed by atoms with Crippen LogP contribution in [0.2, 0.25) is 0 Å². The van der Waals surface area contributed by atoms with Crippen LogP contribution in [0.4, 0.5) is 11.4 Å². The maximum atomic E-state index is 12.5. The van der Waals surface area contributed by atoms with E-state index < -0.39 is 0 Å². The fourth-order valence-corrected chi connectivity index (χ4v) is 3.64. The maximum Gasteiger partial charge on any atom is 0.255 e. The van der Waals surface area contributed by atoms with Crippen molar-refractivity contribution in [3.63, 3.8) is 0 Å². The van der Waals surface area contributed by atoms with Gasteiger partial charge >= 0.3 is 0 Å². The number of fused-ring (bicyclic) bond motifs is 1. The molecule has 4 rings (SSSR count). The van der Waals surface area contributed by atoms with Gasteiger partial charge in [0.05, 0.1) is 6.42 Å². The van der Waals surface area contributed by atoms with Crippen molar-refractivity contribution in [1.29, 1.82) is 0 Å². The lowest BCUT2D eigenvalue weighted by Gasteiger charge is -2.26. The van der Waals surface area contributed by atoms with Gasteiger partial charge in [-0.1, -0.05) is 18.6 Å². The van der Waals surface area contributed by atoms with Crippen LogP contribution in [-0.4, -0.2) is 29.8 Å². The molecule has 26 heavy (non-hydrogen) atoms. The van der Waals surface area contributed by atoms with E-state index in [0.29, 0.717) is 12.0 Å². The van der Waals surface area contributed by atoms with Gasteiger partial charge in [-0.15, -0.1) is 0 Å². The van der Waals surface area contributed by atoms with E-state index in [2.05, 4.69) is 27.7 Å². The summed E-state index contributed by atoms with van der Waals surface area (Å²) < 4.78 is 0. The smallest absolute Gasteiger partial charge is 0.255 e. The number of carbonyl (C=O) groups is 2. The van der Waals surface area contributed by atoms with Crippen molar-refractivity contribution in [1.82, 2.24) is 4.90 Å². The predicted molar refractivity (Wildman–Crippen MR) is 102 cm³/mol. The Balaban J connectivity index is 1.38. The Hall–Kier alpha value is -2.66. The number of benzene rings is 2. The molecule has 0 aliphatic carbocycles. The molecule has 0 spiro atoms. The first-order valence-electron chi connectivity index (χ1n) is 9.23. The SMILES string of the molecule is O=C1Cc2cc(C(=O)Nc3ccc(CN4CCCCC4)cc3)ccc2N1. The van der Waals surface area contributed by atoms with E-state index in [9.17, 15) is 9.59 Å². The quantitative estimate of drug-likeness (QED) is 0.889. The number of hydrogen-bond acceptors (Lipinski definition) is 3. The van der Waals surface area contributed by atoms with E-state index in [1.165, 1.54) is 37.9 Å². The summed E-state index contributed by atoms with van der Waals surface area (Å²) in [6.07, 6.45) is 4.25. The summed E-state index contributed by atoms with van der Waals surface area (Å²) in [5.74, 6) is -0.183. The topological polar surface area (TPSA) is 61.4 Å². The minimum Gasteiger partial charge on any atom is -0.326 e. The molecule has 0 unspecified atom stereocenters. The number of hydrogen-bond donors (Lipinski definition) is 2. The molecule has 2 aliphatic rings. The van der Waals surface area contributed by atoms with Gasteiger partial charge in [0.2, 0.25) is 5.91 Å². The first-order chi connectivity index (χ1) is 12.7. The second kappa shape index (κ2) is 7.30. The summed E-state index contributed by atoms with van der Waals surface area (Å²) in [7, 11) is 0. The fraction of sp³-hybridized carbons (Fsp3) is 0.333. The highest BCUT2D eigenvalue weighted by atomic mass is 16.2. The summed E-state index contributed by atoms with van der Waals surface area (Å²) in [5.41, 5.74) is 4.30. The molecule has 0 aromatic heterocycles. The Kier molecular flexibility index (Phi) is 4.71. The third-order valence-corrected chi connectivity index (χ3v) is 5.06. The number of rotatable bonds is 4. The zero-order valence-corrected chi connectivity index (χ0v) is 14.8. The lowest BCUT2D eigenvalue weighted by Crippen LogP contribution is -2.29. The minimum atomic E-state index is -0.157. The van der Waals surface area contributed by atoms with E-state index in [1.807, 2.05) is 12.1 Å². The number of amides is 2. The van der Waals surface area contributed by atoms with Gasteiger partial charge < -0.3 is 10.6 Å². The molecule has 2 aliphatic heterocycles. The zero-order chi connectivity index (χ0) is 17.9. The molecule has 0 bridgehead atoms. The Bertz CT molecular complexity index is 824. The van der Waals surface area contributed by atoms with E-state index in [4.69, 9.17) is 0 Å². The van der Waals surface area contributed by atoms with Gasteiger partial charge in [0.25, 0.3) is 5.91 Å². The minimum absolute atomic E-state index is 0.0261. The van der Waals surface area contributed by atoms with Crippen molar-refractivity contribution in [3.05, 3.63) is 59.2 Å². The fourth-order valence-electron chi connectivity index (χ4n) is 3.64. The Morgan fingerprint density at radius 3 is 2.58 bits per heavy atom. The summed E-state index contributed by atoms with van der Waals surface area (Å²) in [4.78, 5) is 26.4. The molecular weight excluding hydrogens is 326 g/mol. The van der Waals surface area contributed by atoms with Crippen LogP contribution in [-0.2, 0) is 17.8 Å². The zero-order valence-electron chi connectivity index (χ0n) is 14.8. The molecular formula is C21H23N3O2. The first kappa shape index (κ1) is 16.8. The van der Waals surface area contributed by atoms with Crippen molar-refractivity contribution in [3.8, 4) is 0 Å². The number of piperidine rings is 1. The monoisotopic (exact) mass is 349 g/mol. The summed E-state index contributed by atoms with van der Waals surface area (Å²) in [6.45, 7) is 3.32. The highest BCUT2D eigenvalue weighted by Crippen LogP contribution is 2.24. The van der Waals surface area contributed by atoms with Crippen molar-refractivity contribution >= 4 is 23.2 Å². The van der Waals surface area contributed by atoms with Gasteiger partial charge in [-0.3, -0.25) is 14.5 Å². The lowest BCUT2D eigenvalue weighted by molar-refractivity contribution is -0.115. The van der Waals surface area contributed by atoms with Crippen LogP contribution in [0.3, 0.4) is 0 Å². The standard InChI is InChI=1S/C21H23N3O2/c25-20-13-17-12-16(6-9-19(17)23-20)21(26)22-18-7-4-15(5-8-18)14-24-10-2-1-3-11-24/h4-9,12H,1-3,10-11,13-14H2,(H,22,26)(H,23,25). The first-order valence-corrected chi connectivity index (χ1v) is 9.23. The summed E-state index contributed by atoms with van der Waals surface area (Å²) in [6, 6.07) is 13.4. The summed E-state index contributed by atoms with van der Waals surface area (Å²) in [5, 5.41) is 5.71. The molecule has 2 aromatic carbocycles. The predicted octanol–water partition coefficient (Wildman–Crippen LogP) is 3.42. The van der Waals surface area contributed by atoms with E-state index in [-0.39, 0.29) is 11.8 Å². The van der Waals surface area contributed by atoms with Crippen LogP contribution in [0.1, 0.15) is 40.7 Å². The molecule has 1 saturated heterocycles. The second-order valence-electron chi connectivity index (χ2n) is 7.08. The molecule has 2 heterocycles. The Morgan fingerprint density at radius 1 is 1.04 bits per heavy atom. The Labute approximate surface area is 153 Å². The van der Waals surface area contributed by atoms with Gasteiger partial charge in [0.1, 0.15) is 0 Å². The number of anilines is 2. The Morgan fingerprint density at radius 2 is 1.81 bits per heavy atom. The molecule has 2 N–H and O–H groups in total. The average molecular weight is 349 g/mol. The van der Waals surface area contributed by atoms with Crippen LogP contribution >= 0.6 is 0 Å². The molecule has 2 amide bonds. The molecule has 2 aromatic rings. The number of carbonyl (C=O) groups excluding carboxylic acids is 2. The largest absolute Gasteiger partial charge is 0.326 e. The van der Waals surface area contributed by atoms with E-state index in [1.54, 1.807) is 18.2 Å². The van der Waals surface area contributed by atoms with Crippen molar-refractivity contribution in [2.45, 2.75) is 32.2 Å². The number of likely N-dealkylation sites (tertiary alicyclic amines) is 1. The van der Waals surface area contributed by atoms with Gasteiger partial charge in [-0.2, -0.15) is 0 Å². The third-order valence-electron chi connectivity index (χ3n) is 5.06. The van der Waals surface area contributed by atoms with E-state index in [0.717, 1.165) is 23.5 Å². The van der Waals surface area contributed by atoms with Crippen molar-refractivity contribution in [2.24, 2.45) is 0 Å². The van der Waals surface area contributed by atoms with Gasteiger partial charge in [-0.05, 0) is 67.4 Å². The van der Waals surface area contributed by atoms with Crippen LogP contribution in [0.25, 0.3) is 0 Å². The van der Waals surface area contributed by atoms with Crippen molar-refractivity contribution in [2.75, 3.05) is 23.7 Å².